The number of rotatable bonds is 4. The van der Waals surface area contributed by atoms with E-state index < -0.39 is 8.53 Å². The van der Waals surface area contributed by atoms with Crippen LogP contribution in [0.3, 0.4) is 0 Å². The molecular formula is C4H9N2O2P. The van der Waals surface area contributed by atoms with Gasteiger partial charge in [-0.3, -0.25) is 5.50 Å². The lowest BCUT2D eigenvalue weighted by Gasteiger charge is -2.05. The van der Waals surface area contributed by atoms with Crippen molar-refractivity contribution in [3.8, 4) is 6.07 Å². The van der Waals surface area contributed by atoms with E-state index in [9.17, 15) is 0 Å². The van der Waals surface area contributed by atoms with Crippen molar-refractivity contribution < 1.29 is 9.05 Å². The van der Waals surface area contributed by atoms with Gasteiger partial charge < -0.3 is 9.05 Å². The molecule has 52 valence electrons. The van der Waals surface area contributed by atoms with E-state index >= 15 is 0 Å². The second-order valence-electron chi connectivity index (χ2n) is 1.21. The van der Waals surface area contributed by atoms with Crippen LogP contribution >= 0.6 is 8.53 Å². The molecule has 5 heteroatoms. The summed E-state index contributed by atoms with van der Waals surface area (Å²) in [6, 6.07) is 1.92. The monoisotopic (exact) mass is 148 g/mol. The fraction of sp³-hybridized carbons (Fsp3) is 0.750. The van der Waals surface area contributed by atoms with E-state index in [-0.39, 0.29) is 0 Å². The van der Waals surface area contributed by atoms with Crippen molar-refractivity contribution in [3.05, 3.63) is 0 Å². The molecule has 0 radical (unpaired) electrons. The summed E-state index contributed by atoms with van der Waals surface area (Å²) in [5, 5.41) is 8.05. The minimum Gasteiger partial charge on any atom is -0.326 e. The molecule has 0 rings (SSSR count). The largest absolute Gasteiger partial charge is 0.326 e. The molecule has 0 saturated heterocycles. The van der Waals surface area contributed by atoms with E-state index in [1.54, 1.807) is 0 Å². The van der Waals surface area contributed by atoms with Gasteiger partial charge in [-0.25, -0.2) is 0 Å². The Balaban J connectivity index is 2.99. The lowest BCUT2D eigenvalue weighted by Crippen LogP contribution is -1.96. The lowest BCUT2D eigenvalue weighted by atomic mass is 10.5. The molecule has 9 heavy (non-hydrogen) atoms. The quantitative estimate of drug-likeness (QED) is 0.471. The van der Waals surface area contributed by atoms with E-state index in [4.69, 9.17) is 15.3 Å². The molecule has 0 aliphatic carbocycles. The Morgan fingerprint density at radius 3 is 2.89 bits per heavy atom. The molecule has 0 aromatic carbocycles. The third-order valence-corrected chi connectivity index (χ3v) is 1.41. The molecule has 0 heterocycles. The number of hydrogen-bond donors (Lipinski definition) is 1. The average Bonchev–Trinajstić information content (AvgIpc) is 1.89. The smallest absolute Gasteiger partial charge is 0.252 e. The first-order valence-electron chi connectivity index (χ1n) is 2.40. The molecule has 0 aliphatic rings. The molecule has 0 saturated carbocycles. The summed E-state index contributed by atoms with van der Waals surface area (Å²) < 4.78 is 9.44. The van der Waals surface area contributed by atoms with Crippen LogP contribution in [0.15, 0.2) is 0 Å². The Bertz CT molecular complexity index is 103. The normalized spacial score (nSPS) is 12.6. The van der Waals surface area contributed by atoms with Crippen molar-refractivity contribution in [2.75, 3.05) is 13.7 Å². The maximum absolute atomic E-state index is 8.05. The standard InChI is InChI=1S/C4H9N2O2P/c1-7-9(6)8-4-2-3-5/h2,4,6H2,1H3. The number of nitriles is 1. The number of nitrogens with zero attached hydrogens (tertiary/aromatic N) is 1. The molecule has 4 nitrogen and oxygen atoms in total. The van der Waals surface area contributed by atoms with E-state index in [0.717, 1.165) is 0 Å². The van der Waals surface area contributed by atoms with Gasteiger partial charge in [0.05, 0.1) is 19.1 Å². The summed E-state index contributed by atoms with van der Waals surface area (Å²) in [5.41, 5.74) is 5.22. The summed E-state index contributed by atoms with van der Waals surface area (Å²) in [4.78, 5) is 0. The van der Waals surface area contributed by atoms with Gasteiger partial charge in [0.1, 0.15) is 0 Å². The Kier molecular flexibility index (Phi) is 5.80. The highest BCUT2D eigenvalue weighted by atomic mass is 31.2. The molecule has 2 N–H and O–H groups in total. The van der Waals surface area contributed by atoms with E-state index in [0.29, 0.717) is 13.0 Å². The molecule has 1 atom stereocenters. The minimum atomic E-state index is -1.24. The first-order chi connectivity index (χ1) is 4.31. The SMILES string of the molecule is COP(N)OCCC#N. The maximum Gasteiger partial charge on any atom is 0.252 e. The van der Waals surface area contributed by atoms with Gasteiger partial charge in [-0.1, -0.05) is 0 Å². The highest BCUT2D eigenvalue weighted by Gasteiger charge is 1.97. The Morgan fingerprint density at radius 1 is 1.78 bits per heavy atom. The summed E-state index contributed by atoms with van der Waals surface area (Å²) in [7, 11) is 0.229. The summed E-state index contributed by atoms with van der Waals surface area (Å²) in [5.74, 6) is 0. The average molecular weight is 148 g/mol. The predicted molar refractivity (Wildman–Crippen MR) is 34.3 cm³/mol. The van der Waals surface area contributed by atoms with Crippen LogP contribution in [0.25, 0.3) is 0 Å². The van der Waals surface area contributed by atoms with E-state index in [1.807, 2.05) is 6.07 Å². The number of hydrogen-bond acceptors (Lipinski definition) is 4. The molecular weight excluding hydrogens is 139 g/mol. The van der Waals surface area contributed by atoms with Crippen LogP contribution in [0.4, 0.5) is 0 Å². The third kappa shape index (κ3) is 5.67. The highest BCUT2D eigenvalue weighted by Crippen LogP contribution is 2.25. The first kappa shape index (κ1) is 8.80. The van der Waals surface area contributed by atoms with Gasteiger partial charge in [-0.05, 0) is 0 Å². The van der Waals surface area contributed by atoms with Crippen LogP contribution in [0.5, 0.6) is 0 Å². The topological polar surface area (TPSA) is 68.3 Å². The highest BCUT2D eigenvalue weighted by molar-refractivity contribution is 7.44. The summed E-state index contributed by atoms with van der Waals surface area (Å²) in [6.45, 7) is 0.354. The Labute approximate surface area is 55.5 Å². The molecule has 0 amide bonds. The fourth-order valence-electron chi connectivity index (χ4n) is 0.234. The molecule has 0 aliphatic heterocycles. The van der Waals surface area contributed by atoms with Gasteiger partial charge in [-0.15, -0.1) is 0 Å². The van der Waals surface area contributed by atoms with Gasteiger partial charge in [0, 0.05) is 7.11 Å². The second-order valence-corrected chi connectivity index (χ2v) is 2.40. The maximum atomic E-state index is 8.05. The first-order valence-corrected chi connectivity index (χ1v) is 3.64. The fourth-order valence-corrected chi connectivity index (χ4v) is 0.611. The van der Waals surface area contributed by atoms with Crippen LogP contribution in [-0.2, 0) is 9.05 Å². The van der Waals surface area contributed by atoms with E-state index in [2.05, 4.69) is 4.52 Å². The Hall–Kier alpha value is -0.200. The van der Waals surface area contributed by atoms with Crippen LogP contribution in [0.2, 0.25) is 0 Å². The van der Waals surface area contributed by atoms with Crippen molar-refractivity contribution in [3.63, 3.8) is 0 Å². The minimum absolute atomic E-state index is 0.354. The molecule has 0 aromatic rings. The van der Waals surface area contributed by atoms with Gasteiger partial charge in [0.25, 0.3) is 8.53 Å². The summed E-state index contributed by atoms with van der Waals surface area (Å²) >= 11 is 0. The van der Waals surface area contributed by atoms with Gasteiger partial charge in [0.15, 0.2) is 0 Å². The van der Waals surface area contributed by atoms with Crippen molar-refractivity contribution in [2.24, 2.45) is 5.50 Å². The zero-order chi connectivity index (χ0) is 7.11. The third-order valence-electron chi connectivity index (χ3n) is 0.612. The van der Waals surface area contributed by atoms with Crippen molar-refractivity contribution >= 4 is 8.53 Å². The van der Waals surface area contributed by atoms with Crippen molar-refractivity contribution in [2.45, 2.75) is 6.42 Å². The number of nitrogens with two attached hydrogens (primary N) is 1. The molecule has 0 bridgehead atoms. The molecule has 0 aromatic heterocycles. The molecule has 1 unspecified atom stereocenters. The van der Waals surface area contributed by atoms with Gasteiger partial charge in [-0.2, -0.15) is 5.26 Å². The van der Waals surface area contributed by atoms with Crippen LogP contribution in [0.1, 0.15) is 6.42 Å². The zero-order valence-corrected chi connectivity index (χ0v) is 6.10. The van der Waals surface area contributed by atoms with Gasteiger partial charge >= 0.3 is 0 Å². The predicted octanol–water partition coefficient (Wildman–Crippen LogP) is 0.749. The van der Waals surface area contributed by atoms with Crippen molar-refractivity contribution in [1.82, 2.24) is 0 Å². The summed E-state index contributed by atoms with van der Waals surface area (Å²) in [6.07, 6.45) is 0.361. The Morgan fingerprint density at radius 2 is 2.44 bits per heavy atom. The second kappa shape index (κ2) is 5.93. The van der Waals surface area contributed by atoms with Crippen LogP contribution in [-0.4, -0.2) is 13.7 Å². The molecule has 0 spiro atoms. The zero-order valence-electron chi connectivity index (χ0n) is 5.20. The lowest BCUT2D eigenvalue weighted by molar-refractivity contribution is 0.290. The molecule has 0 fully saturated rings. The van der Waals surface area contributed by atoms with Crippen LogP contribution in [0, 0.1) is 11.3 Å². The van der Waals surface area contributed by atoms with Crippen molar-refractivity contribution in [1.29, 1.82) is 5.26 Å². The van der Waals surface area contributed by atoms with Crippen LogP contribution < -0.4 is 5.50 Å². The van der Waals surface area contributed by atoms with Gasteiger partial charge in [0.2, 0.25) is 0 Å². The van der Waals surface area contributed by atoms with E-state index in [1.165, 1.54) is 7.11 Å².